The second-order valence-corrected chi connectivity index (χ2v) is 7.25. The summed E-state index contributed by atoms with van der Waals surface area (Å²) in [6.07, 6.45) is 2.27. The minimum atomic E-state index is -0.541. The molecule has 0 atom stereocenters. The van der Waals surface area contributed by atoms with Crippen LogP contribution < -0.4 is 15.8 Å². The molecule has 0 aliphatic carbocycles. The van der Waals surface area contributed by atoms with Crippen LogP contribution in [0.15, 0.2) is 47.3 Å². The van der Waals surface area contributed by atoms with Gasteiger partial charge in [0.15, 0.2) is 0 Å². The van der Waals surface area contributed by atoms with Gasteiger partial charge in [-0.25, -0.2) is 9.37 Å². The van der Waals surface area contributed by atoms with E-state index < -0.39 is 5.82 Å². The lowest BCUT2D eigenvalue weighted by Crippen LogP contribution is -2.24. The highest BCUT2D eigenvalue weighted by Crippen LogP contribution is 2.26. The highest BCUT2D eigenvalue weighted by molar-refractivity contribution is 5.96. The zero-order valence-corrected chi connectivity index (χ0v) is 16.3. The predicted octanol–water partition coefficient (Wildman–Crippen LogP) is 3.15. The van der Waals surface area contributed by atoms with Crippen LogP contribution in [-0.2, 0) is 16.0 Å². The molecule has 2 heterocycles. The monoisotopic (exact) mass is 408 g/mol. The Hall–Kier alpha value is -3.55. The largest absolute Gasteiger partial charge is 0.326 e. The number of nitrogens with zero attached hydrogens (tertiary/aromatic N) is 2. The number of carbonyl (C=O) groups is 2. The molecule has 0 unspecified atom stereocenters. The van der Waals surface area contributed by atoms with Gasteiger partial charge in [-0.05, 0) is 43.2 Å². The Balaban J connectivity index is 1.33. The molecular formula is C22H21FN4O3. The number of anilines is 2. The first-order chi connectivity index (χ1) is 14.5. The van der Waals surface area contributed by atoms with Gasteiger partial charge in [0.1, 0.15) is 11.6 Å². The van der Waals surface area contributed by atoms with Crippen molar-refractivity contribution < 1.29 is 14.0 Å². The molecule has 154 valence electrons. The quantitative estimate of drug-likeness (QED) is 0.655. The van der Waals surface area contributed by atoms with Crippen molar-refractivity contribution in [3.05, 3.63) is 64.5 Å². The van der Waals surface area contributed by atoms with Crippen LogP contribution >= 0.6 is 0 Å². The third kappa shape index (κ3) is 4.22. The Morgan fingerprint density at radius 2 is 2.03 bits per heavy atom. The number of para-hydroxylation sites is 1. The van der Waals surface area contributed by atoms with E-state index in [2.05, 4.69) is 15.3 Å². The molecule has 1 saturated heterocycles. The molecule has 0 bridgehead atoms. The van der Waals surface area contributed by atoms with E-state index in [1.807, 2.05) is 6.07 Å². The summed E-state index contributed by atoms with van der Waals surface area (Å²) in [4.78, 5) is 44.6. The van der Waals surface area contributed by atoms with Crippen LogP contribution in [0.25, 0.3) is 10.9 Å². The van der Waals surface area contributed by atoms with Crippen molar-refractivity contribution in [2.24, 2.45) is 0 Å². The molecule has 3 aromatic rings. The summed E-state index contributed by atoms with van der Waals surface area (Å²) in [6, 6.07) is 11.4. The number of aromatic nitrogens is 2. The van der Waals surface area contributed by atoms with E-state index in [1.165, 1.54) is 17.0 Å². The molecule has 4 rings (SSSR count). The summed E-state index contributed by atoms with van der Waals surface area (Å²) >= 11 is 0. The number of amides is 2. The fourth-order valence-electron chi connectivity index (χ4n) is 3.60. The van der Waals surface area contributed by atoms with Crippen molar-refractivity contribution in [3.8, 4) is 0 Å². The standard InChI is InChI=1S/C22H21FN4O3/c23-16-13-14(10-11-18(16)27-12-4-9-21(27)29)24-20(28)8-3-7-19-25-17-6-2-1-5-15(17)22(30)26-19/h1-2,5-6,10-11,13H,3-4,7-9,12H2,(H,24,28)(H,25,26,30). The van der Waals surface area contributed by atoms with E-state index in [4.69, 9.17) is 0 Å². The zero-order chi connectivity index (χ0) is 21.1. The van der Waals surface area contributed by atoms with Crippen LogP contribution in [0.3, 0.4) is 0 Å². The molecular weight excluding hydrogens is 387 g/mol. The van der Waals surface area contributed by atoms with Gasteiger partial charge in [0.2, 0.25) is 11.8 Å². The molecule has 7 nitrogen and oxygen atoms in total. The second-order valence-electron chi connectivity index (χ2n) is 7.25. The fraction of sp³-hybridized carbons (Fsp3) is 0.273. The number of hydrogen-bond acceptors (Lipinski definition) is 4. The lowest BCUT2D eigenvalue weighted by atomic mass is 10.2. The summed E-state index contributed by atoms with van der Waals surface area (Å²) in [5.41, 5.74) is 0.992. The van der Waals surface area contributed by atoms with Gasteiger partial charge in [-0.15, -0.1) is 0 Å². The van der Waals surface area contributed by atoms with Gasteiger partial charge < -0.3 is 15.2 Å². The van der Waals surface area contributed by atoms with Crippen molar-refractivity contribution in [2.75, 3.05) is 16.8 Å². The number of fused-ring (bicyclic) bond motifs is 1. The average molecular weight is 408 g/mol. The lowest BCUT2D eigenvalue weighted by molar-refractivity contribution is -0.117. The zero-order valence-electron chi connectivity index (χ0n) is 16.3. The topological polar surface area (TPSA) is 95.2 Å². The first-order valence-corrected chi connectivity index (χ1v) is 9.89. The van der Waals surface area contributed by atoms with E-state index in [0.717, 1.165) is 0 Å². The van der Waals surface area contributed by atoms with Crippen LogP contribution in [0.1, 0.15) is 31.5 Å². The summed E-state index contributed by atoms with van der Waals surface area (Å²) in [6.45, 7) is 0.506. The van der Waals surface area contributed by atoms with Crippen LogP contribution in [0.2, 0.25) is 0 Å². The number of rotatable bonds is 6. The summed E-state index contributed by atoms with van der Waals surface area (Å²) < 4.78 is 14.4. The number of halogens is 1. The molecule has 1 aliphatic rings. The van der Waals surface area contributed by atoms with Crippen molar-refractivity contribution in [3.63, 3.8) is 0 Å². The van der Waals surface area contributed by atoms with Gasteiger partial charge in [-0.2, -0.15) is 0 Å². The van der Waals surface area contributed by atoms with Crippen molar-refractivity contribution in [1.29, 1.82) is 0 Å². The highest BCUT2D eigenvalue weighted by Gasteiger charge is 2.24. The molecule has 2 aromatic carbocycles. The number of carbonyl (C=O) groups excluding carboxylic acids is 2. The number of aryl methyl sites for hydroxylation is 1. The minimum Gasteiger partial charge on any atom is -0.326 e. The van der Waals surface area contributed by atoms with Crippen LogP contribution in [0, 0.1) is 5.82 Å². The Kier molecular flexibility index (Phi) is 5.56. The van der Waals surface area contributed by atoms with Gasteiger partial charge in [-0.1, -0.05) is 12.1 Å². The Morgan fingerprint density at radius 3 is 2.80 bits per heavy atom. The maximum absolute atomic E-state index is 14.4. The predicted molar refractivity (Wildman–Crippen MR) is 112 cm³/mol. The molecule has 8 heteroatoms. The number of benzene rings is 2. The van der Waals surface area contributed by atoms with Crippen LogP contribution in [-0.4, -0.2) is 28.3 Å². The van der Waals surface area contributed by atoms with Crippen molar-refractivity contribution >= 4 is 34.1 Å². The first kappa shape index (κ1) is 19.8. The molecule has 30 heavy (non-hydrogen) atoms. The SMILES string of the molecule is O=C(CCCc1nc2ccccc2c(=O)[nH]1)Nc1ccc(N2CCCC2=O)c(F)c1. The number of H-pyrrole nitrogens is 1. The maximum Gasteiger partial charge on any atom is 0.258 e. The second kappa shape index (κ2) is 8.44. The minimum absolute atomic E-state index is 0.0916. The molecule has 2 amide bonds. The Morgan fingerprint density at radius 1 is 1.20 bits per heavy atom. The van der Waals surface area contributed by atoms with E-state index in [-0.39, 0.29) is 29.5 Å². The molecule has 1 fully saturated rings. The van der Waals surface area contributed by atoms with Gasteiger partial charge >= 0.3 is 0 Å². The van der Waals surface area contributed by atoms with Crippen molar-refractivity contribution in [1.82, 2.24) is 9.97 Å². The summed E-state index contributed by atoms with van der Waals surface area (Å²) in [5, 5.41) is 3.19. The van der Waals surface area contributed by atoms with Crippen LogP contribution in [0.4, 0.5) is 15.8 Å². The Labute approximate surface area is 171 Å². The fourth-order valence-corrected chi connectivity index (χ4v) is 3.60. The number of nitrogens with one attached hydrogen (secondary N) is 2. The third-order valence-electron chi connectivity index (χ3n) is 5.07. The third-order valence-corrected chi connectivity index (χ3v) is 5.07. The summed E-state index contributed by atoms with van der Waals surface area (Å²) in [5.74, 6) is -0.369. The maximum atomic E-state index is 14.4. The lowest BCUT2D eigenvalue weighted by Gasteiger charge is -2.17. The van der Waals surface area contributed by atoms with Gasteiger partial charge in [0.05, 0.1) is 16.6 Å². The van der Waals surface area contributed by atoms with Crippen molar-refractivity contribution in [2.45, 2.75) is 32.1 Å². The molecule has 0 radical (unpaired) electrons. The first-order valence-electron chi connectivity index (χ1n) is 9.89. The average Bonchev–Trinajstić information content (AvgIpc) is 3.14. The molecule has 2 N–H and O–H groups in total. The van der Waals surface area contributed by atoms with Gasteiger partial charge in [0, 0.05) is 31.5 Å². The number of aromatic amines is 1. The van der Waals surface area contributed by atoms with E-state index in [9.17, 15) is 18.8 Å². The van der Waals surface area contributed by atoms with E-state index in [1.54, 1.807) is 24.3 Å². The molecule has 1 aromatic heterocycles. The molecule has 0 saturated carbocycles. The van der Waals surface area contributed by atoms with Gasteiger partial charge in [-0.3, -0.25) is 14.4 Å². The highest BCUT2D eigenvalue weighted by atomic mass is 19.1. The summed E-state index contributed by atoms with van der Waals surface area (Å²) in [7, 11) is 0. The normalized spacial score (nSPS) is 13.8. The number of hydrogen-bond donors (Lipinski definition) is 2. The molecule has 1 aliphatic heterocycles. The smallest absolute Gasteiger partial charge is 0.258 e. The van der Waals surface area contributed by atoms with Crippen LogP contribution in [0.5, 0.6) is 0 Å². The molecule has 0 spiro atoms. The van der Waals surface area contributed by atoms with E-state index >= 15 is 0 Å². The van der Waals surface area contributed by atoms with E-state index in [0.29, 0.717) is 54.6 Å². The Bertz CT molecular complexity index is 1170. The van der Waals surface area contributed by atoms with Gasteiger partial charge in [0.25, 0.3) is 5.56 Å².